The lowest BCUT2D eigenvalue weighted by Crippen LogP contribution is -2.49. The summed E-state index contributed by atoms with van der Waals surface area (Å²) in [5.41, 5.74) is 7.01. The van der Waals surface area contributed by atoms with Gasteiger partial charge in [0.15, 0.2) is 0 Å². The number of rotatable bonds is 5. The van der Waals surface area contributed by atoms with E-state index >= 15 is 0 Å². The highest BCUT2D eigenvalue weighted by molar-refractivity contribution is 7.79. The molecule has 1 atom stereocenters. The van der Waals surface area contributed by atoms with Crippen LogP contribution in [0.2, 0.25) is 39.3 Å². The molecule has 168 valence electrons. The third-order valence-corrected chi connectivity index (χ3v) is 21.1. The van der Waals surface area contributed by atoms with Gasteiger partial charge in [-0.3, -0.25) is 0 Å². The second-order valence-corrected chi connectivity index (χ2v) is 24.4. The summed E-state index contributed by atoms with van der Waals surface area (Å²) in [4.78, 5) is 0. The summed E-state index contributed by atoms with van der Waals surface area (Å²) in [6.45, 7) is 22.3. The predicted octanol–water partition coefficient (Wildman–Crippen LogP) is 7.92. The Morgan fingerprint density at radius 3 is 1.31 bits per heavy atom. The molecular weight excluding hydrogens is 435 g/mol. The summed E-state index contributed by atoms with van der Waals surface area (Å²) in [7, 11) is -3.75. The van der Waals surface area contributed by atoms with Crippen LogP contribution in [0.4, 0.5) is 0 Å². The summed E-state index contributed by atoms with van der Waals surface area (Å²) >= 11 is 0. The average molecular weight is 475 g/mol. The number of hydrogen-bond acceptors (Lipinski definition) is 0. The van der Waals surface area contributed by atoms with E-state index in [2.05, 4.69) is 133 Å². The van der Waals surface area contributed by atoms with Gasteiger partial charge in [-0.1, -0.05) is 129 Å². The first-order valence-corrected chi connectivity index (χ1v) is 20.0. The Bertz CT molecular complexity index is 1100. The molecule has 0 nitrogen and oxygen atoms in total. The lowest BCUT2D eigenvalue weighted by molar-refractivity contribution is 1.36. The molecular formula is C29H39PSi2. The highest BCUT2D eigenvalue weighted by Crippen LogP contribution is 2.34. The maximum atomic E-state index is 2.57. The molecule has 3 aromatic rings. The fourth-order valence-corrected chi connectivity index (χ4v) is 23.3. The highest BCUT2D eigenvalue weighted by Gasteiger charge is 2.34. The van der Waals surface area contributed by atoms with Crippen molar-refractivity contribution in [3.8, 4) is 0 Å². The van der Waals surface area contributed by atoms with Crippen molar-refractivity contribution >= 4 is 38.5 Å². The summed E-state index contributed by atoms with van der Waals surface area (Å²) in [5.74, 6) is 0. The zero-order valence-electron chi connectivity index (χ0n) is 21.4. The van der Waals surface area contributed by atoms with Crippen molar-refractivity contribution in [2.75, 3.05) is 0 Å². The molecule has 0 heterocycles. The van der Waals surface area contributed by atoms with Crippen molar-refractivity contribution in [3.63, 3.8) is 0 Å². The van der Waals surface area contributed by atoms with Gasteiger partial charge in [0.1, 0.15) is 0 Å². The zero-order valence-corrected chi connectivity index (χ0v) is 24.3. The molecule has 32 heavy (non-hydrogen) atoms. The Balaban J connectivity index is 2.75. The monoisotopic (exact) mass is 474 g/mol. The van der Waals surface area contributed by atoms with Gasteiger partial charge in [0.2, 0.25) is 0 Å². The standard InChI is InChI=1S/C29H39PSi2/c1-22-20-23(2)27(24(3)21-22)30(29(31(4,5)6)32(7,8)9)28(25-16-12-10-13-17-25)26-18-14-11-15-19-26/h10-21H,1-9H3. The van der Waals surface area contributed by atoms with Gasteiger partial charge in [0.05, 0.1) is 16.1 Å². The minimum atomic E-state index is -1.57. The van der Waals surface area contributed by atoms with Crippen molar-refractivity contribution in [2.24, 2.45) is 0 Å². The highest BCUT2D eigenvalue weighted by atomic mass is 31.1. The molecule has 0 radical (unpaired) electrons. The van der Waals surface area contributed by atoms with Crippen LogP contribution in [0, 0.1) is 20.8 Å². The predicted molar refractivity (Wildman–Crippen MR) is 155 cm³/mol. The Labute approximate surface area is 198 Å². The van der Waals surface area contributed by atoms with Crippen LogP contribution in [0.25, 0.3) is 0 Å². The Morgan fingerprint density at radius 2 is 0.969 bits per heavy atom. The van der Waals surface area contributed by atoms with Gasteiger partial charge in [-0.05, 0) is 43.0 Å². The second kappa shape index (κ2) is 9.55. The topological polar surface area (TPSA) is 0 Å². The Hall–Kier alpha value is -1.87. The van der Waals surface area contributed by atoms with Crippen molar-refractivity contribution in [1.82, 2.24) is 0 Å². The van der Waals surface area contributed by atoms with E-state index < -0.39 is 23.3 Å². The fourth-order valence-electron chi connectivity index (χ4n) is 5.27. The second-order valence-electron chi connectivity index (χ2n) is 11.0. The normalized spacial score (nSPS) is 12.5. The third-order valence-electron chi connectivity index (χ3n) is 5.82. The Kier molecular flexibility index (Phi) is 7.39. The summed E-state index contributed by atoms with van der Waals surface area (Å²) in [6, 6.07) is 27.2. The molecule has 0 saturated heterocycles. The van der Waals surface area contributed by atoms with Crippen LogP contribution in [0.5, 0.6) is 0 Å². The van der Waals surface area contributed by atoms with Crippen LogP contribution in [-0.2, 0) is 0 Å². The molecule has 0 amide bonds. The van der Waals surface area contributed by atoms with E-state index in [1.165, 1.54) is 33.1 Å². The molecule has 0 fully saturated rings. The van der Waals surface area contributed by atoms with Gasteiger partial charge < -0.3 is 0 Å². The van der Waals surface area contributed by atoms with Crippen LogP contribution in [0.1, 0.15) is 27.8 Å². The molecule has 0 N–H and O–H groups in total. The SMILES string of the molecule is Cc1cc(C)c(P(=C(c2ccccc2)c2ccccc2)=C([Si](C)(C)C)[Si](C)(C)C)c(C)c1. The van der Waals surface area contributed by atoms with Crippen LogP contribution in [-0.4, -0.2) is 26.0 Å². The van der Waals surface area contributed by atoms with Gasteiger partial charge in [0.25, 0.3) is 0 Å². The van der Waals surface area contributed by atoms with E-state index in [9.17, 15) is 0 Å². The minimum absolute atomic E-state index is 0.609. The number of aryl methyl sites for hydroxylation is 3. The maximum Gasteiger partial charge on any atom is 0.0731 e. The van der Waals surface area contributed by atoms with Gasteiger partial charge in [-0.15, -0.1) is 0 Å². The summed E-state index contributed by atoms with van der Waals surface area (Å²) < 4.78 is 1.91. The Morgan fingerprint density at radius 1 is 0.594 bits per heavy atom. The smallest absolute Gasteiger partial charge is 0.0731 e. The first-order valence-electron chi connectivity index (χ1n) is 11.6. The van der Waals surface area contributed by atoms with E-state index in [1.54, 1.807) is 5.30 Å². The fraction of sp³-hybridized carbons (Fsp3) is 0.310. The van der Waals surface area contributed by atoms with E-state index in [0.29, 0.717) is 0 Å². The van der Waals surface area contributed by atoms with Crippen LogP contribution >= 0.6 is 7.17 Å². The minimum Gasteiger partial charge on any atom is -0.0929 e. The van der Waals surface area contributed by atoms with Gasteiger partial charge >= 0.3 is 0 Å². The first-order chi connectivity index (χ1) is 14.9. The number of benzene rings is 3. The van der Waals surface area contributed by atoms with Crippen LogP contribution in [0.3, 0.4) is 0 Å². The van der Waals surface area contributed by atoms with Gasteiger partial charge in [-0.2, -0.15) is 0 Å². The molecule has 0 aromatic heterocycles. The molecule has 0 aliphatic carbocycles. The van der Waals surface area contributed by atoms with Crippen molar-refractivity contribution in [1.29, 1.82) is 0 Å². The van der Waals surface area contributed by atoms with Crippen molar-refractivity contribution < 1.29 is 0 Å². The number of hydrogen-bond donors (Lipinski definition) is 0. The molecule has 3 rings (SSSR count). The molecule has 0 bridgehead atoms. The summed E-state index contributed by atoms with van der Waals surface area (Å²) in [6.07, 6.45) is 0. The van der Waals surface area contributed by atoms with Gasteiger partial charge in [0, 0.05) is 10.6 Å². The molecule has 0 aliphatic rings. The van der Waals surface area contributed by atoms with E-state index in [4.69, 9.17) is 0 Å². The van der Waals surface area contributed by atoms with Crippen LogP contribution < -0.4 is 5.30 Å². The molecule has 3 heteroatoms. The van der Waals surface area contributed by atoms with Crippen LogP contribution in [0.15, 0.2) is 72.8 Å². The van der Waals surface area contributed by atoms with Gasteiger partial charge in [-0.25, -0.2) is 0 Å². The zero-order chi connectivity index (χ0) is 23.7. The lowest BCUT2D eigenvalue weighted by atomic mass is 10.1. The average Bonchev–Trinajstić information content (AvgIpc) is 2.67. The van der Waals surface area contributed by atoms with E-state index in [1.807, 2.05) is 4.54 Å². The first kappa shape index (κ1) is 24.8. The largest absolute Gasteiger partial charge is 0.0929 e. The van der Waals surface area contributed by atoms with Crippen molar-refractivity contribution in [2.45, 2.75) is 60.1 Å². The molecule has 0 saturated carbocycles. The van der Waals surface area contributed by atoms with E-state index in [0.717, 1.165) is 0 Å². The van der Waals surface area contributed by atoms with Crippen molar-refractivity contribution in [3.05, 3.63) is 101 Å². The summed E-state index contributed by atoms with van der Waals surface area (Å²) in [5, 5.41) is 3.13. The molecule has 1 unspecified atom stereocenters. The quantitative estimate of drug-likeness (QED) is 0.260. The van der Waals surface area contributed by atoms with E-state index in [-0.39, 0.29) is 0 Å². The lowest BCUT2D eigenvalue weighted by Gasteiger charge is -2.34. The third kappa shape index (κ3) is 5.37. The molecule has 3 aromatic carbocycles. The molecule has 0 aliphatic heterocycles. The molecule has 0 spiro atoms. The maximum absolute atomic E-state index is 2.57.